The molecule has 0 aromatic heterocycles. The van der Waals surface area contributed by atoms with E-state index >= 15 is 0 Å². The zero-order valence-electron chi connectivity index (χ0n) is 17.4. The first kappa shape index (κ1) is 22.0. The molecule has 1 amide bonds. The monoisotopic (exact) mass is 412 g/mol. The van der Waals surface area contributed by atoms with Gasteiger partial charge in [0.05, 0.1) is 12.3 Å². The third-order valence-corrected chi connectivity index (χ3v) is 5.57. The lowest BCUT2D eigenvalue weighted by Gasteiger charge is -2.37. The maximum atomic E-state index is 13.1. The molecule has 1 aliphatic rings. The average molecular weight is 413 g/mol. The van der Waals surface area contributed by atoms with Crippen molar-refractivity contribution in [1.29, 1.82) is 0 Å². The summed E-state index contributed by atoms with van der Waals surface area (Å²) in [5.74, 6) is 0.209. The summed E-state index contributed by atoms with van der Waals surface area (Å²) < 4.78 is 19.2. The number of anilines is 1. The topological polar surface area (TPSA) is 67.4 Å². The minimum absolute atomic E-state index is 0.0332. The summed E-state index contributed by atoms with van der Waals surface area (Å²) in [6.45, 7) is 3.81. The second-order valence-electron chi connectivity index (χ2n) is 8.03. The molecule has 0 unspecified atom stereocenters. The standard InChI is InChI=1S/C24H29FN2O3/c1-18(28)27-21-6-2-3-8-23(21)30-17-24(14-5-15-26-16-24)13-4-7-22(29)19-9-11-20(25)12-10-19/h2-3,6,8-12,26H,4-5,7,13-17H2,1H3,(H,27,28)/t24-/m1/s1. The van der Waals surface area contributed by atoms with Gasteiger partial charge in [0.15, 0.2) is 5.78 Å². The predicted octanol–water partition coefficient (Wildman–Crippen LogP) is 4.59. The summed E-state index contributed by atoms with van der Waals surface area (Å²) >= 11 is 0. The number of carbonyl (C=O) groups is 2. The lowest BCUT2D eigenvalue weighted by molar-refractivity contribution is -0.114. The van der Waals surface area contributed by atoms with Gasteiger partial charge in [0.1, 0.15) is 11.6 Å². The quantitative estimate of drug-likeness (QED) is 0.592. The van der Waals surface area contributed by atoms with Gasteiger partial charge in [0.25, 0.3) is 0 Å². The van der Waals surface area contributed by atoms with E-state index in [2.05, 4.69) is 10.6 Å². The van der Waals surface area contributed by atoms with Crippen molar-refractivity contribution in [1.82, 2.24) is 5.32 Å². The lowest BCUT2D eigenvalue weighted by atomic mass is 9.77. The van der Waals surface area contributed by atoms with Crippen LogP contribution in [0.5, 0.6) is 5.75 Å². The number of piperidine rings is 1. The molecule has 30 heavy (non-hydrogen) atoms. The molecule has 2 N–H and O–H groups in total. The number of amides is 1. The van der Waals surface area contributed by atoms with Gasteiger partial charge in [-0.3, -0.25) is 9.59 Å². The molecule has 0 saturated carbocycles. The fourth-order valence-corrected chi connectivity index (χ4v) is 3.96. The van der Waals surface area contributed by atoms with Crippen molar-refractivity contribution in [2.75, 3.05) is 25.0 Å². The van der Waals surface area contributed by atoms with Gasteiger partial charge >= 0.3 is 0 Å². The normalized spacial score (nSPS) is 18.6. The average Bonchev–Trinajstić information content (AvgIpc) is 2.74. The fraction of sp³-hybridized carbons (Fsp3) is 0.417. The lowest BCUT2D eigenvalue weighted by Crippen LogP contribution is -2.44. The fourth-order valence-electron chi connectivity index (χ4n) is 3.96. The number of halogens is 1. The van der Waals surface area contributed by atoms with Crippen molar-refractivity contribution in [3.8, 4) is 5.75 Å². The number of para-hydroxylation sites is 2. The number of nitrogens with one attached hydrogen (secondary N) is 2. The number of ether oxygens (including phenoxy) is 1. The first-order chi connectivity index (χ1) is 14.5. The van der Waals surface area contributed by atoms with E-state index in [0.717, 1.165) is 38.8 Å². The van der Waals surface area contributed by atoms with E-state index in [4.69, 9.17) is 4.74 Å². The van der Waals surface area contributed by atoms with E-state index in [1.807, 2.05) is 24.3 Å². The summed E-state index contributed by atoms with van der Waals surface area (Å²) in [6.07, 6.45) is 4.11. The Morgan fingerprint density at radius 2 is 1.93 bits per heavy atom. The van der Waals surface area contributed by atoms with Crippen LogP contribution in [0.1, 0.15) is 49.4 Å². The van der Waals surface area contributed by atoms with Crippen LogP contribution in [0, 0.1) is 11.2 Å². The van der Waals surface area contributed by atoms with Crippen LogP contribution in [-0.2, 0) is 4.79 Å². The highest BCUT2D eigenvalue weighted by atomic mass is 19.1. The zero-order chi connectivity index (χ0) is 21.4. The Labute approximate surface area is 177 Å². The van der Waals surface area contributed by atoms with Crippen LogP contribution in [0.2, 0.25) is 0 Å². The van der Waals surface area contributed by atoms with E-state index < -0.39 is 0 Å². The van der Waals surface area contributed by atoms with Crippen LogP contribution in [0.15, 0.2) is 48.5 Å². The van der Waals surface area contributed by atoms with Crippen molar-refractivity contribution in [2.45, 2.75) is 39.0 Å². The second-order valence-corrected chi connectivity index (χ2v) is 8.03. The first-order valence-electron chi connectivity index (χ1n) is 10.5. The largest absolute Gasteiger partial charge is 0.491 e. The third-order valence-electron chi connectivity index (χ3n) is 5.57. The van der Waals surface area contributed by atoms with Gasteiger partial charge in [0.2, 0.25) is 5.91 Å². The van der Waals surface area contributed by atoms with Crippen LogP contribution in [0.4, 0.5) is 10.1 Å². The minimum Gasteiger partial charge on any atom is -0.491 e. The number of carbonyl (C=O) groups excluding carboxylic acids is 2. The summed E-state index contributed by atoms with van der Waals surface area (Å²) in [5.41, 5.74) is 1.15. The van der Waals surface area contributed by atoms with Crippen LogP contribution in [-0.4, -0.2) is 31.4 Å². The van der Waals surface area contributed by atoms with Crippen LogP contribution in [0.25, 0.3) is 0 Å². The Morgan fingerprint density at radius 1 is 1.17 bits per heavy atom. The summed E-state index contributed by atoms with van der Waals surface area (Å²) in [6, 6.07) is 13.1. The predicted molar refractivity (Wildman–Crippen MR) is 115 cm³/mol. The Morgan fingerprint density at radius 3 is 2.63 bits per heavy atom. The number of ketones is 1. The van der Waals surface area contributed by atoms with Crippen LogP contribution in [0.3, 0.4) is 0 Å². The molecule has 1 saturated heterocycles. The summed E-state index contributed by atoms with van der Waals surface area (Å²) in [4.78, 5) is 23.9. The molecular formula is C24H29FN2O3. The van der Waals surface area contributed by atoms with Crippen molar-refractivity contribution < 1.29 is 18.7 Å². The molecule has 2 aromatic carbocycles. The smallest absolute Gasteiger partial charge is 0.221 e. The molecule has 5 nitrogen and oxygen atoms in total. The molecule has 1 aliphatic heterocycles. The third kappa shape index (κ3) is 6.13. The van der Waals surface area contributed by atoms with Crippen LogP contribution < -0.4 is 15.4 Å². The molecule has 1 heterocycles. The van der Waals surface area contributed by atoms with E-state index in [1.54, 1.807) is 0 Å². The van der Waals surface area contributed by atoms with Crippen molar-refractivity contribution in [3.63, 3.8) is 0 Å². The van der Waals surface area contributed by atoms with Gasteiger partial charge in [-0.25, -0.2) is 4.39 Å². The first-order valence-corrected chi connectivity index (χ1v) is 10.5. The Kier molecular flexibility index (Phi) is 7.57. The highest BCUT2D eigenvalue weighted by Crippen LogP contribution is 2.35. The molecule has 160 valence electrons. The second kappa shape index (κ2) is 10.3. The molecule has 1 fully saturated rings. The maximum absolute atomic E-state index is 13.1. The maximum Gasteiger partial charge on any atom is 0.221 e. The SMILES string of the molecule is CC(=O)Nc1ccccc1OC[C@]1(CCCC(=O)c2ccc(F)cc2)CCCNC1. The van der Waals surface area contributed by atoms with Gasteiger partial charge in [-0.15, -0.1) is 0 Å². The van der Waals surface area contributed by atoms with Gasteiger partial charge in [-0.05, 0) is 68.6 Å². The molecular weight excluding hydrogens is 383 g/mol. The van der Waals surface area contributed by atoms with E-state index in [1.165, 1.54) is 31.2 Å². The summed E-state index contributed by atoms with van der Waals surface area (Å²) in [5, 5.41) is 6.26. The van der Waals surface area contributed by atoms with E-state index in [0.29, 0.717) is 30.0 Å². The number of benzene rings is 2. The molecule has 0 spiro atoms. The highest BCUT2D eigenvalue weighted by Gasteiger charge is 2.33. The number of rotatable bonds is 9. The summed E-state index contributed by atoms with van der Waals surface area (Å²) in [7, 11) is 0. The molecule has 1 atom stereocenters. The minimum atomic E-state index is -0.338. The Bertz CT molecular complexity index is 861. The number of hydrogen-bond acceptors (Lipinski definition) is 4. The molecule has 0 aliphatic carbocycles. The number of hydrogen-bond donors (Lipinski definition) is 2. The van der Waals surface area contributed by atoms with Gasteiger partial charge in [0, 0.05) is 30.9 Å². The highest BCUT2D eigenvalue weighted by molar-refractivity contribution is 5.96. The van der Waals surface area contributed by atoms with Crippen molar-refractivity contribution in [2.24, 2.45) is 5.41 Å². The molecule has 0 radical (unpaired) electrons. The van der Waals surface area contributed by atoms with Gasteiger partial charge in [-0.1, -0.05) is 12.1 Å². The molecule has 2 aromatic rings. The van der Waals surface area contributed by atoms with Crippen molar-refractivity contribution in [3.05, 3.63) is 59.9 Å². The number of Topliss-reactive ketones (excluding diaryl/α,β-unsaturated/α-hetero) is 1. The van der Waals surface area contributed by atoms with E-state index in [-0.39, 0.29) is 22.9 Å². The Hall–Kier alpha value is -2.73. The van der Waals surface area contributed by atoms with Crippen LogP contribution >= 0.6 is 0 Å². The zero-order valence-corrected chi connectivity index (χ0v) is 17.4. The molecule has 6 heteroatoms. The van der Waals surface area contributed by atoms with E-state index in [9.17, 15) is 14.0 Å². The van der Waals surface area contributed by atoms with Gasteiger partial charge in [-0.2, -0.15) is 0 Å². The Balaban J connectivity index is 1.60. The molecule has 3 rings (SSSR count). The molecule has 0 bridgehead atoms. The van der Waals surface area contributed by atoms with Gasteiger partial charge < -0.3 is 15.4 Å². The van der Waals surface area contributed by atoms with Crippen molar-refractivity contribution >= 4 is 17.4 Å².